The van der Waals surface area contributed by atoms with Gasteiger partial charge >= 0.3 is 0 Å². The number of pyridine rings is 1. The van der Waals surface area contributed by atoms with E-state index in [4.69, 9.17) is 0 Å². The van der Waals surface area contributed by atoms with Crippen molar-refractivity contribution < 1.29 is 4.79 Å². The van der Waals surface area contributed by atoms with E-state index in [1.165, 1.54) is 0 Å². The van der Waals surface area contributed by atoms with Gasteiger partial charge in [-0.1, -0.05) is 19.9 Å². The summed E-state index contributed by atoms with van der Waals surface area (Å²) in [4.78, 5) is 16.4. The molecule has 0 aliphatic heterocycles. The molecule has 0 atom stereocenters. The van der Waals surface area contributed by atoms with Crippen LogP contribution in [-0.2, 0) is 0 Å². The first kappa shape index (κ1) is 14.0. The van der Waals surface area contributed by atoms with Gasteiger partial charge < -0.3 is 5.32 Å². The summed E-state index contributed by atoms with van der Waals surface area (Å²) in [7, 11) is 0. The number of carbonyl (C=O) groups excluding carboxylic acids is 1. The van der Waals surface area contributed by atoms with Crippen molar-refractivity contribution in [1.82, 2.24) is 10.3 Å². The van der Waals surface area contributed by atoms with E-state index in [1.54, 1.807) is 6.20 Å². The minimum Gasteiger partial charge on any atom is -0.352 e. The lowest BCUT2D eigenvalue weighted by atomic mass is 10.1. The van der Waals surface area contributed by atoms with Gasteiger partial charge in [0, 0.05) is 22.6 Å². The lowest BCUT2D eigenvalue weighted by Gasteiger charge is -2.09. The molecular formula is C15H17BrN2O. The van der Waals surface area contributed by atoms with Gasteiger partial charge in [-0.05, 0) is 46.5 Å². The highest BCUT2D eigenvalue weighted by Gasteiger charge is 2.12. The molecule has 3 nitrogen and oxygen atoms in total. The molecule has 1 aromatic carbocycles. The van der Waals surface area contributed by atoms with Gasteiger partial charge in [0.15, 0.2) is 0 Å². The number of hydrogen-bond acceptors (Lipinski definition) is 2. The zero-order valence-corrected chi connectivity index (χ0v) is 12.7. The number of carbonyl (C=O) groups is 1. The molecule has 1 heterocycles. The van der Waals surface area contributed by atoms with E-state index >= 15 is 0 Å². The van der Waals surface area contributed by atoms with Crippen molar-refractivity contribution in [3.05, 3.63) is 40.5 Å². The summed E-state index contributed by atoms with van der Waals surface area (Å²) in [6.45, 7) is 4.99. The molecule has 0 bridgehead atoms. The van der Waals surface area contributed by atoms with Gasteiger partial charge in [-0.15, -0.1) is 0 Å². The highest BCUT2D eigenvalue weighted by molar-refractivity contribution is 9.10. The van der Waals surface area contributed by atoms with Crippen molar-refractivity contribution >= 4 is 32.7 Å². The van der Waals surface area contributed by atoms with Crippen LogP contribution in [0, 0.1) is 5.92 Å². The SMILES string of the molecule is CC(C)CCNC(=O)c1ccc2ncccc2c1Br. The Morgan fingerprint density at radius 1 is 1.37 bits per heavy atom. The predicted octanol–water partition coefficient (Wildman–Crippen LogP) is 3.77. The van der Waals surface area contributed by atoms with Crippen LogP contribution in [0.4, 0.5) is 0 Å². The van der Waals surface area contributed by atoms with Crippen molar-refractivity contribution in [2.24, 2.45) is 5.92 Å². The third-order valence-corrected chi connectivity index (χ3v) is 3.83. The normalized spacial score (nSPS) is 10.9. The molecule has 4 heteroatoms. The van der Waals surface area contributed by atoms with Crippen molar-refractivity contribution in [3.8, 4) is 0 Å². The van der Waals surface area contributed by atoms with Crippen molar-refractivity contribution in [2.75, 3.05) is 6.54 Å². The number of amides is 1. The van der Waals surface area contributed by atoms with Crippen LogP contribution >= 0.6 is 15.9 Å². The molecule has 0 fully saturated rings. The number of aromatic nitrogens is 1. The van der Waals surface area contributed by atoms with Crippen molar-refractivity contribution in [2.45, 2.75) is 20.3 Å². The smallest absolute Gasteiger partial charge is 0.252 e. The molecule has 1 amide bonds. The Hall–Kier alpha value is -1.42. The van der Waals surface area contributed by atoms with E-state index in [9.17, 15) is 4.79 Å². The van der Waals surface area contributed by atoms with Crippen LogP contribution in [0.3, 0.4) is 0 Å². The predicted molar refractivity (Wildman–Crippen MR) is 81.2 cm³/mol. The number of hydrogen-bond donors (Lipinski definition) is 1. The Labute approximate surface area is 121 Å². The van der Waals surface area contributed by atoms with Crippen LogP contribution in [0.15, 0.2) is 34.9 Å². The molecule has 0 aliphatic carbocycles. The van der Waals surface area contributed by atoms with Crippen LogP contribution in [0.1, 0.15) is 30.6 Å². The first-order valence-electron chi connectivity index (χ1n) is 6.41. The van der Waals surface area contributed by atoms with Crippen LogP contribution in [0.2, 0.25) is 0 Å². The fourth-order valence-corrected chi connectivity index (χ4v) is 2.51. The largest absolute Gasteiger partial charge is 0.352 e. The minimum atomic E-state index is -0.0433. The lowest BCUT2D eigenvalue weighted by Crippen LogP contribution is -2.25. The van der Waals surface area contributed by atoms with Crippen molar-refractivity contribution in [3.63, 3.8) is 0 Å². The Balaban J connectivity index is 2.20. The van der Waals surface area contributed by atoms with Gasteiger partial charge in [0.25, 0.3) is 5.91 Å². The van der Waals surface area contributed by atoms with Crippen LogP contribution in [-0.4, -0.2) is 17.4 Å². The summed E-state index contributed by atoms with van der Waals surface area (Å²) in [5, 5.41) is 3.90. The van der Waals surface area contributed by atoms with E-state index in [0.717, 1.165) is 21.8 Å². The monoisotopic (exact) mass is 320 g/mol. The first-order valence-corrected chi connectivity index (χ1v) is 7.20. The molecule has 2 aromatic rings. The molecule has 0 saturated heterocycles. The maximum Gasteiger partial charge on any atom is 0.252 e. The zero-order chi connectivity index (χ0) is 13.8. The molecule has 0 aliphatic rings. The Morgan fingerprint density at radius 2 is 2.16 bits per heavy atom. The highest BCUT2D eigenvalue weighted by atomic mass is 79.9. The average Bonchev–Trinajstić information content (AvgIpc) is 2.39. The second-order valence-electron chi connectivity index (χ2n) is 4.94. The fourth-order valence-electron chi connectivity index (χ4n) is 1.86. The average molecular weight is 321 g/mol. The second kappa shape index (κ2) is 6.15. The molecule has 1 aromatic heterocycles. The summed E-state index contributed by atoms with van der Waals surface area (Å²) >= 11 is 3.50. The maximum atomic E-state index is 12.1. The first-order chi connectivity index (χ1) is 9.09. The number of rotatable bonds is 4. The third-order valence-electron chi connectivity index (χ3n) is 2.97. The van der Waals surface area contributed by atoms with Crippen molar-refractivity contribution in [1.29, 1.82) is 0 Å². The fraction of sp³-hybridized carbons (Fsp3) is 0.333. The molecule has 1 N–H and O–H groups in total. The molecular weight excluding hydrogens is 304 g/mol. The lowest BCUT2D eigenvalue weighted by molar-refractivity contribution is 0.0951. The maximum absolute atomic E-state index is 12.1. The summed E-state index contributed by atoms with van der Waals surface area (Å²) in [6, 6.07) is 7.51. The topological polar surface area (TPSA) is 42.0 Å². The number of halogens is 1. The number of benzene rings is 1. The van der Waals surface area contributed by atoms with E-state index in [1.807, 2.05) is 24.3 Å². The second-order valence-corrected chi connectivity index (χ2v) is 5.73. The van der Waals surface area contributed by atoms with E-state index < -0.39 is 0 Å². The van der Waals surface area contributed by atoms with E-state index in [0.29, 0.717) is 18.0 Å². The Kier molecular flexibility index (Phi) is 4.53. The Morgan fingerprint density at radius 3 is 2.89 bits per heavy atom. The third kappa shape index (κ3) is 3.32. The summed E-state index contributed by atoms with van der Waals surface area (Å²) < 4.78 is 0.806. The minimum absolute atomic E-state index is 0.0433. The van der Waals surface area contributed by atoms with Crippen LogP contribution in [0.25, 0.3) is 10.9 Å². The zero-order valence-electron chi connectivity index (χ0n) is 11.1. The summed E-state index contributed by atoms with van der Waals surface area (Å²) in [5.41, 5.74) is 1.54. The highest BCUT2D eigenvalue weighted by Crippen LogP contribution is 2.26. The molecule has 19 heavy (non-hydrogen) atoms. The molecule has 0 saturated carbocycles. The number of nitrogens with one attached hydrogen (secondary N) is 1. The standard InChI is InChI=1S/C15H17BrN2O/c1-10(2)7-9-18-15(19)12-5-6-13-11(14(12)16)4-3-8-17-13/h3-6,8,10H,7,9H2,1-2H3,(H,18,19). The molecule has 100 valence electrons. The van der Waals surface area contributed by atoms with E-state index in [2.05, 4.69) is 40.1 Å². The number of fused-ring (bicyclic) bond motifs is 1. The van der Waals surface area contributed by atoms with Gasteiger partial charge in [-0.3, -0.25) is 9.78 Å². The molecule has 0 spiro atoms. The molecule has 0 radical (unpaired) electrons. The Bertz CT molecular complexity index is 596. The quantitative estimate of drug-likeness (QED) is 0.931. The van der Waals surface area contributed by atoms with Gasteiger partial charge in [0.1, 0.15) is 0 Å². The van der Waals surface area contributed by atoms with Gasteiger partial charge in [-0.2, -0.15) is 0 Å². The van der Waals surface area contributed by atoms with Gasteiger partial charge in [-0.25, -0.2) is 0 Å². The molecule has 2 rings (SSSR count). The van der Waals surface area contributed by atoms with Crippen LogP contribution in [0.5, 0.6) is 0 Å². The van der Waals surface area contributed by atoms with Crippen LogP contribution < -0.4 is 5.32 Å². The molecule has 0 unspecified atom stereocenters. The van der Waals surface area contributed by atoms with Gasteiger partial charge in [0.05, 0.1) is 11.1 Å². The van der Waals surface area contributed by atoms with Gasteiger partial charge in [0.2, 0.25) is 0 Å². The number of nitrogens with zero attached hydrogens (tertiary/aromatic N) is 1. The van der Waals surface area contributed by atoms with E-state index in [-0.39, 0.29) is 5.91 Å². The summed E-state index contributed by atoms with van der Waals surface area (Å²) in [6.07, 6.45) is 2.73. The summed E-state index contributed by atoms with van der Waals surface area (Å²) in [5.74, 6) is 0.544.